The SMILES string of the molecule is CCSc1ccc(CC)c(N)c1. The molecule has 66 valence electrons. The van der Waals surface area contributed by atoms with Crippen LogP contribution in [0.2, 0.25) is 0 Å². The lowest BCUT2D eigenvalue weighted by atomic mass is 10.1. The summed E-state index contributed by atoms with van der Waals surface area (Å²) in [5, 5.41) is 0. The van der Waals surface area contributed by atoms with Crippen LogP contribution in [0.3, 0.4) is 0 Å². The van der Waals surface area contributed by atoms with Crippen molar-refractivity contribution in [2.75, 3.05) is 11.5 Å². The van der Waals surface area contributed by atoms with Gasteiger partial charge in [0.1, 0.15) is 0 Å². The molecule has 0 heterocycles. The number of hydrogen-bond acceptors (Lipinski definition) is 2. The van der Waals surface area contributed by atoms with Crippen molar-refractivity contribution in [2.45, 2.75) is 25.2 Å². The van der Waals surface area contributed by atoms with Gasteiger partial charge in [-0.25, -0.2) is 0 Å². The van der Waals surface area contributed by atoms with Gasteiger partial charge in [-0.1, -0.05) is 19.9 Å². The van der Waals surface area contributed by atoms with Crippen molar-refractivity contribution in [3.05, 3.63) is 23.8 Å². The minimum atomic E-state index is 0.927. The van der Waals surface area contributed by atoms with E-state index >= 15 is 0 Å². The van der Waals surface area contributed by atoms with E-state index in [4.69, 9.17) is 5.73 Å². The van der Waals surface area contributed by atoms with Gasteiger partial charge in [-0.15, -0.1) is 11.8 Å². The summed E-state index contributed by atoms with van der Waals surface area (Å²) in [6.07, 6.45) is 1.02. The van der Waals surface area contributed by atoms with Crippen molar-refractivity contribution in [1.82, 2.24) is 0 Å². The van der Waals surface area contributed by atoms with Crippen LogP contribution in [0.25, 0.3) is 0 Å². The Morgan fingerprint density at radius 2 is 2.08 bits per heavy atom. The minimum Gasteiger partial charge on any atom is -0.398 e. The summed E-state index contributed by atoms with van der Waals surface area (Å²) in [6.45, 7) is 4.27. The van der Waals surface area contributed by atoms with E-state index in [-0.39, 0.29) is 0 Å². The van der Waals surface area contributed by atoms with Gasteiger partial charge in [0.05, 0.1) is 0 Å². The maximum absolute atomic E-state index is 5.85. The van der Waals surface area contributed by atoms with Gasteiger partial charge >= 0.3 is 0 Å². The van der Waals surface area contributed by atoms with Gasteiger partial charge in [0.2, 0.25) is 0 Å². The number of benzene rings is 1. The highest BCUT2D eigenvalue weighted by Gasteiger charge is 1.97. The molecule has 0 saturated heterocycles. The summed E-state index contributed by atoms with van der Waals surface area (Å²) in [7, 11) is 0. The average molecular weight is 181 g/mol. The fraction of sp³-hybridized carbons (Fsp3) is 0.400. The molecular formula is C10H15NS. The molecule has 0 aliphatic rings. The third kappa shape index (κ3) is 2.18. The van der Waals surface area contributed by atoms with E-state index in [0.29, 0.717) is 0 Å². The number of thioether (sulfide) groups is 1. The van der Waals surface area contributed by atoms with Crippen LogP contribution in [-0.4, -0.2) is 5.75 Å². The molecule has 1 rings (SSSR count). The Balaban J connectivity index is 2.86. The number of hydrogen-bond donors (Lipinski definition) is 1. The van der Waals surface area contributed by atoms with Crippen LogP contribution in [0.4, 0.5) is 5.69 Å². The van der Waals surface area contributed by atoms with E-state index in [1.807, 2.05) is 11.8 Å². The molecule has 0 radical (unpaired) electrons. The Morgan fingerprint density at radius 3 is 2.58 bits per heavy atom. The normalized spacial score (nSPS) is 10.2. The second kappa shape index (κ2) is 4.41. The van der Waals surface area contributed by atoms with Crippen molar-refractivity contribution in [1.29, 1.82) is 0 Å². The standard InChI is InChI=1S/C10H15NS/c1-3-8-5-6-9(12-4-2)7-10(8)11/h5-7H,3-4,11H2,1-2H3. The van der Waals surface area contributed by atoms with Crippen LogP contribution in [0.5, 0.6) is 0 Å². The van der Waals surface area contributed by atoms with E-state index in [1.165, 1.54) is 10.5 Å². The predicted molar refractivity (Wildman–Crippen MR) is 56.6 cm³/mol. The lowest BCUT2D eigenvalue weighted by molar-refractivity contribution is 1.14. The molecule has 2 N–H and O–H groups in total. The van der Waals surface area contributed by atoms with E-state index in [1.54, 1.807) is 0 Å². The Hall–Kier alpha value is -0.630. The first-order valence-corrected chi connectivity index (χ1v) is 5.27. The number of rotatable bonds is 3. The lowest BCUT2D eigenvalue weighted by Crippen LogP contribution is -1.92. The monoisotopic (exact) mass is 181 g/mol. The second-order valence-corrected chi connectivity index (χ2v) is 3.98. The van der Waals surface area contributed by atoms with Crippen LogP contribution in [0, 0.1) is 0 Å². The topological polar surface area (TPSA) is 26.0 Å². The van der Waals surface area contributed by atoms with Crippen molar-refractivity contribution in [3.63, 3.8) is 0 Å². The van der Waals surface area contributed by atoms with Gasteiger partial charge in [-0.05, 0) is 29.9 Å². The van der Waals surface area contributed by atoms with Crippen LogP contribution in [-0.2, 0) is 6.42 Å². The first-order chi connectivity index (χ1) is 5.77. The number of aryl methyl sites for hydroxylation is 1. The third-order valence-corrected chi connectivity index (χ3v) is 2.69. The molecule has 2 heteroatoms. The molecule has 1 nitrogen and oxygen atoms in total. The fourth-order valence-corrected chi connectivity index (χ4v) is 1.86. The Morgan fingerprint density at radius 1 is 1.33 bits per heavy atom. The van der Waals surface area contributed by atoms with E-state index in [0.717, 1.165) is 17.9 Å². The van der Waals surface area contributed by atoms with Crippen molar-refractivity contribution < 1.29 is 0 Å². The zero-order chi connectivity index (χ0) is 8.97. The summed E-state index contributed by atoms with van der Waals surface area (Å²) < 4.78 is 0. The average Bonchev–Trinajstić information content (AvgIpc) is 2.05. The highest BCUT2D eigenvalue weighted by molar-refractivity contribution is 7.99. The van der Waals surface area contributed by atoms with Crippen molar-refractivity contribution in [2.24, 2.45) is 0 Å². The molecular weight excluding hydrogens is 166 g/mol. The summed E-state index contributed by atoms with van der Waals surface area (Å²) >= 11 is 1.83. The Labute approximate surface area is 78.4 Å². The fourth-order valence-electron chi connectivity index (χ4n) is 1.15. The smallest absolute Gasteiger partial charge is 0.0357 e. The first kappa shape index (κ1) is 9.46. The van der Waals surface area contributed by atoms with Crippen LogP contribution >= 0.6 is 11.8 Å². The predicted octanol–water partition coefficient (Wildman–Crippen LogP) is 2.94. The molecule has 0 aliphatic heterocycles. The molecule has 0 bridgehead atoms. The molecule has 0 aromatic heterocycles. The van der Waals surface area contributed by atoms with Gasteiger partial charge in [-0.2, -0.15) is 0 Å². The molecule has 0 spiro atoms. The van der Waals surface area contributed by atoms with Gasteiger partial charge in [0, 0.05) is 10.6 Å². The number of nitrogens with two attached hydrogens (primary N) is 1. The highest BCUT2D eigenvalue weighted by atomic mass is 32.2. The quantitative estimate of drug-likeness (QED) is 0.573. The van der Waals surface area contributed by atoms with Gasteiger partial charge < -0.3 is 5.73 Å². The summed E-state index contributed by atoms with van der Waals surface area (Å²) in [5.41, 5.74) is 8.02. The van der Waals surface area contributed by atoms with Crippen molar-refractivity contribution >= 4 is 17.4 Å². The summed E-state index contributed by atoms with van der Waals surface area (Å²) in [5.74, 6) is 1.10. The summed E-state index contributed by atoms with van der Waals surface area (Å²) in [6, 6.07) is 6.32. The number of nitrogen functional groups attached to an aromatic ring is 1. The van der Waals surface area contributed by atoms with E-state index < -0.39 is 0 Å². The van der Waals surface area contributed by atoms with Crippen LogP contribution < -0.4 is 5.73 Å². The summed E-state index contributed by atoms with van der Waals surface area (Å²) in [4.78, 5) is 1.27. The third-order valence-electron chi connectivity index (χ3n) is 1.81. The molecule has 0 saturated carbocycles. The molecule has 0 fully saturated rings. The van der Waals surface area contributed by atoms with Gasteiger partial charge in [0.25, 0.3) is 0 Å². The van der Waals surface area contributed by atoms with Crippen LogP contribution in [0.15, 0.2) is 23.1 Å². The van der Waals surface area contributed by atoms with Gasteiger partial charge in [-0.3, -0.25) is 0 Å². The zero-order valence-electron chi connectivity index (χ0n) is 7.63. The Bertz CT molecular complexity index is 258. The van der Waals surface area contributed by atoms with Crippen LogP contribution in [0.1, 0.15) is 19.4 Å². The lowest BCUT2D eigenvalue weighted by Gasteiger charge is -2.04. The van der Waals surface area contributed by atoms with Crippen molar-refractivity contribution in [3.8, 4) is 0 Å². The highest BCUT2D eigenvalue weighted by Crippen LogP contribution is 2.22. The van der Waals surface area contributed by atoms with Gasteiger partial charge in [0.15, 0.2) is 0 Å². The molecule has 0 aliphatic carbocycles. The molecule has 0 unspecified atom stereocenters. The molecule has 0 amide bonds. The van der Waals surface area contributed by atoms with E-state index in [9.17, 15) is 0 Å². The zero-order valence-corrected chi connectivity index (χ0v) is 8.45. The molecule has 0 atom stereocenters. The largest absolute Gasteiger partial charge is 0.398 e. The number of anilines is 1. The Kier molecular flexibility index (Phi) is 3.48. The molecule has 12 heavy (non-hydrogen) atoms. The minimum absolute atomic E-state index is 0.927. The van der Waals surface area contributed by atoms with E-state index in [2.05, 4.69) is 32.0 Å². The maximum atomic E-state index is 5.85. The molecule has 1 aromatic rings. The second-order valence-electron chi connectivity index (χ2n) is 2.65. The molecule has 1 aromatic carbocycles. The maximum Gasteiger partial charge on any atom is 0.0357 e. The first-order valence-electron chi connectivity index (χ1n) is 4.29.